The second-order valence-electron chi connectivity index (χ2n) is 7.19. The number of nitrogens with zero attached hydrogens (tertiary/aromatic N) is 2. The van der Waals surface area contributed by atoms with Gasteiger partial charge in [-0.15, -0.1) is 0 Å². The third-order valence-corrected chi connectivity index (χ3v) is 5.91. The van der Waals surface area contributed by atoms with Crippen molar-refractivity contribution in [2.24, 2.45) is 23.5 Å². The number of hydrogen-bond donors (Lipinski definition) is 1. The minimum Gasteiger partial charge on any atom is -0.326 e. The fraction of sp³-hybridized carbons (Fsp3) is 0.750. The summed E-state index contributed by atoms with van der Waals surface area (Å²) in [6.45, 7) is 2.66. The Hall–Kier alpha value is -0.960. The van der Waals surface area contributed by atoms with Crippen molar-refractivity contribution in [3.05, 3.63) is 23.3 Å². The fourth-order valence-corrected chi connectivity index (χ4v) is 5.60. The fourth-order valence-electron chi connectivity index (χ4n) is 5.60. The number of aryl methyl sites for hydroxylation is 1. The Bertz CT molecular complexity index is 473. The Morgan fingerprint density at radius 2 is 1.68 bits per heavy atom. The van der Waals surface area contributed by atoms with E-state index in [0.717, 1.165) is 23.4 Å². The number of hydrogen-bond acceptors (Lipinski definition) is 3. The Morgan fingerprint density at radius 1 is 1.11 bits per heavy atom. The van der Waals surface area contributed by atoms with Crippen LogP contribution in [0, 0.1) is 24.7 Å². The number of nitrogens with two attached hydrogens (primary N) is 1. The van der Waals surface area contributed by atoms with Gasteiger partial charge >= 0.3 is 0 Å². The van der Waals surface area contributed by atoms with Gasteiger partial charge < -0.3 is 5.73 Å². The van der Waals surface area contributed by atoms with Gasteiger partial charge in [0.1, 0.15) is 6.33 Å². The molecule has 4 fully saturated rings. The topological polar surface area (TPSA) is 51.8 Å². The molecule has 3 heteroatoms. The summed E-state index contributed by atoms with van der Waals surface area (Å²) < 4.78 is 0. The Kier molecular flexibility index (Phi) is 2.50. The Labute approximate surface area is 115 Å². The quantitative estimate of drug-likeness (QED) is 0.886. The molecule has 2 N–H and O–H groups in total. The van der Waals surface area contributed by atoms with Crippen molar-refractivity contribution >= 4 is 0 Å². The summed E-state index contributed by atoms with van der Waals surface area (Å²) in [5.74, 6) is 2.85. The molecule has 3 nitrogen and oxygen atoms in total. The lowest BCUT2D eigenvalue weighted by molar-refractivity contribution is -0.00773. The van der Waals surface area contributed by atoms with E-state index in [4.69, 9.17) is 10.7 Å². The highest BCUT2D eigenvalue weighted by Crippen LogP contribution is 2.60. The molecule has 0 aromatic carbocycles. The average molecular weight is 257 g/mol. The highest BCUT2D eigenvalue weighted by atomic mass is 14.9. The van der Waals surface area contributed by atoms with Crippen molar-refractivity contribution in [3.63, 3.8) is 0 Å². The minimum atomic E-state index is 0.344. The molecule has 1 heterocycles. The highest BCUT2D eigenvalue weighted by molar-refractivity contribution is 5.33. The predicted molar refractivity (Wildman–Crippen MR) is 74.5 cm³/mol. The van der Waals surface area contributed by atoms with Gasteiger partial charge in [0.2, 0.25) is 0 Å². The first-order valence-corrected chi connectivity index (χ1v) is 7.71. The summed E-state index contributed by atoms with van der Waals surface area (Å²) in [7, 11) is 0. The van der Waals surface area contributed by atoms with Crippen molar-refractivity contribution in [1.29, 1.82) is 0 Å². The number of rotatable bonds is 2. The Balaban J connectivity index is 1.81. The SMILES string of the molecule is Cc1ncnc(C23CC4CC(CC(C4)C2)C3)c1CN. The Morgan fingerprint density at radius 3 is 2.21 bits per heavy atom. The third-order valence-electron chi connectivity index (χ3n) is 5.91. The van der Waals surface area contributed by atoms with Crippen LogP contribution in [-0.4, -0.2) is 9.97 Å². The summed E-state index contributed by atoms with van der Waals surface area (Å²) >= 11 is 0. The van der Waals surface area contributed by atoms with Gasteiger partial charge in [-0.3, -0.25) is 0 Å². The van der Waals surface area contributed by atoms with Crippen molar-refractivity contribution < 1.29 is 0 Å². The lowest BCUT2D eigenvalue weighted by Crippen LogP contribution is -2.49. The van der Waals surface area contributed by atoms with Crippen LogP contribution in [0.5, 0.6) is 0 Å². The first kappa shape index (κ1) is 11.8. The summed E-state index contributed by atoms with van der Waals surface area (Å²) in [5.41, 5.74) is 9.95. The molecule has 0 atom stereocenters. The minimum absolute atomic E-state index is 0.344. The molecule has 0 saturated heterocycles. The first-order valence-electron chi connectivity index (χ1n) is 7.71. The van der Waals surface area contributed by atoms with Crippen LogP contribution in [0.25, 0.3) is 0 Å². The molecule has 4 saturated carbocycles. The van der Waals surface area contributed by atoms with E-state index >= 15 is 0 Å². The van der Waals surface area contributed by atoms with Gasteiger partial charge in [0.15, 0.2) is 0 Å². The molecule has 0 unspecified atom stereocenters. The van der Waals surface area contributed by atoms with Crippen molar-refractivity contribution in [3.8, 4) is 0 Å². The average Bonchev–Trinajstić information content (AvgIpc) is 2.36. The van der Waals surface area contributed by atoms with Gasteiger partial charge in [-0.05, 0) is 63.2 Å². The molecule has 1 aromatic heterocycles. The van der Waals surface area contributed by atoms with Crippen LogP contribution in [0.4, 0.5) is 0 Å². The molecular weight excluding hydrogens is 234 g/mol. The summed E-state index contributed by atoms with van der Waals surface area (Å²) in [4.78, 5) is 9.06. The highest BCUT2D eigenvalue weighted by Gasteiger charge is 2.52. The first-order chi connectivity index (χ1) is 9.20. The van der Waals surface area contributed by atoms with Gasteiger partial charge in [-0.25, -0.2) is 9.97 Å². The van der Waals surface area contributed by atoms with Crippen LogP contribution in [0.15, 0.2) is 6.33 Å². The maximum Gasteiger partial charge on any atom is 0.115 e. The maximum absolute atomic E-state index is 5.99. The van der Waals surface area contributed by atoms with Crippen molar-refractivity contribution in [2.75, 3.05) is 0 Å². The molecule has 19 heavy (non-hydrogen) atoms. The van der Waals surface area contributed by atoms with E-state index < -0.39 is 0 Å². The van der Waals surface area contributed by atoms with E-state index in [9.17, 15) is 0 Å². The van der Waals surface area contributed by atoms with Crippen LogP contribution in [0.1, 0.15) is 55.5 Å². The second kappa shape index (κ2) is 4.02. The summed E-state index contributed by atoms with van der Waals surface area (Å²) in [6, 6.07) is 0. The smallest absolute Gasteiger partial charge is 0.115 e. The molecular formula is C16H23N3. The second-order valence-corrected chi connectivity index (χ2v) is 7.19. The van der Waals surface area contributed by atoms with E-state index in [1.807, 2.05) is 0 Å². The van der Waals surface area contributed by atoms with Gasteiger partial charge in [-0.1, -0.05) is 0 Å². The molecule has 1 aromatic rings. The zero-order chi connectivity index (χ0) is 13.0. The predicted octanol–water partition coefficient (Wildman–Crippen LogP) is 2.71. The molecule has 0 aliphatic heterocycles. The van der Waals surface area contributed by atoms with Crippen LogP contribution >= 0.6 is 0 Å². The third kappa shape index (κ3) is 1.67. The van der Waals surface area contributed by atoms with Crippen molar-refractivity contribution in [1.82, 2.24) is 9.97 Å². The van der Waals surface area contributed by atoms with Crippen LogP contribution < -0.4 is 5.73 Å². The molecule has 0 spiro atoms. The largest absolute Gasteiger partial charge is 0.326 e. The normalized spacial score (nSPS) is 39.8. The van der Waals surface area contributed by atoms with Gasteiger partial charge in [0.25, 0.3) is 0 Å². The van der Waals surface area contributed by atoms with E-state index in [1.165, 1.54) is 49.8 Å². The number of aromatic nitrogens is 2. The summed E-state index contributed by atoms with van der Waals surface area (Å²) in [5, 5.41) is 0. The van der Waals surface area contributed by atoms with Crippen LogP contribution in [0.2, 0.25) is 0 Å². The maximum atomic E-state index is 5.99. The molecule has 0 amide bonds. The van der Waals surface area contributed by atoms with Crippen LogP contribution in [0.3, 0.4) is 0 Å². The monoisotopic (exact) mass is 257 g/mol. The van der Waals surface area contributed by atoms with E-state index in [2.05, 4.69) is 11.9 Å². The van der Waals surface area contributed by atoms with Crippen molar-refractivity contribution in [2.45, 2.75) is 57.4 Å². The van der Waals surface area contributed by atoms with E-state index in [1.54, 1.807) is 6.33 Å². The molecule has 4 aliphatic carbocycles. The lowest BCUT2D eigenvalue weighted by atomic mass is 9.48. The van der Waals surface area contributed by atoms with E-state index in [0.29, 0.717) is 12.0 Å². The van der Waals surface area contributed by atoms with Gasteiger partial charge in [0.05, 0.1) is 5.69 Å². The van der Waals surface area contributed by atoms with Gasteiger partial charge in [0, 0.05) is 23.2 Å². The molecule has 102 valence electrons. The zero-order valence-corrected chi connectivity index (χ0v) is 11.7. The van der Waals surface area contributed by atoms with E-state index in [-0.39, 0.29) is 0 Å². The van der Waals surface area contributed by atoms with Gasteiger partial charge in [-0.2, -0.15) is 0 Å². The molecule has 5 rings (SSSR count). The zero-order valence-electron chi connectivity index (χ0n) is 11.7. The standard InChI is InChI=1S/C16H23N3/c1-10-14(8-17)15(19-9-18-10)16-5-11-2-12(6-16)4-13(3-11)7-16/h9,11-13H,2-8,17H2,1H3. The molecule has 4 bridgehead atoms. The molecule has 0 radical (unpaired) electrons. The summed E-state index contributed by atoms with van der Waals surface area (Å²) in [6.07, 6.45) is 10.2. The lowest BCUT2D eigenvalue weighted by Gasteiger charge is -2.56. The van der Waals surface area contributed by atoms with Crippen LogP contribution in [-0.2, 0) is 12.0 Å². The molecule has 4 aliphatic rings.